The van der Waals surface area contributed by atoms with E-state index in [0.717, 1.165) is 96.3 Å². The van der Waals surface area contributed by atoms with Crippen LogP contribution in [0.25, 0.3) is 0 Å². The molecular formula is C68H114O6. The van der Waals surface area contributed by atoms with Crippen molar-refractivity contribution in [1.82, 2.24) is 0 Å². The van der Waals surface area contributed by atoms with Gasteiger partial charge in [-0.3, -0.25) is 14.4 Å². The highest BCUT2D eigenvalue weighted by Crippen LogP contribution is 2.16. The van der Waals surface area contributed by atoms with E-state index < -0.39 is 6.10 Å². The first-order valence-corrected chi connectivity index (χ1v) is 30.9. The minimum atomic E-state index is -0.808. The third kappa shape index (κ3) is 59.0. The number of rotatable bonds is 55. The fourth-order valence-electron chi connectivity index (χ4n) is 8.48. The second-order valence-corrected chi connectivity index (χ2v) is 20.2. The summed E-state index contributed by atoms with van der Waals surface area (Å²) in [6, 6.07) is 0. The third-order valence-electron chi connectivity index (χ3n) is 13.0. The van der Waals surface area contributed by atoms with Crippen LogP contribution in [0.3, 0.4) is 0 Å². The molecule has 0 N–H and O–H groups in total. The van der Waals surface area contributed by atoms with Crippen LogP contribution in [0.5, 0.6) is 0 Å². The van der Waals surface area contributed by atoms with Gasteiger partial charge in [-0.05, 0) is 89.9 Å². The predicted molar refractivity (Wildman–Crippen MR) is 320 cm³/mol. The first-order chi connectivity index (χ1) is 36.5. The first-order valence-electron chi connectivity index (χ1n) is 30.9. The molecule has 1 unspecified atom stereocenters. The molecule has 0 fully saturated rings. The first kappa shape index (κ1) is 70.1. The zero-order valence-corrected chi connectivity index (χ0v) is 48.3. The van der Waals surface area contributed by atoms with Crippen LogP contribution >= 0.6 is 0 Å². The molecule has 0 aliphatic heterocycles. The Morgan fingerprint density at radius 3 is 0.905 bits per heavy atom. The number of hydrogen-bond acceptors (Lipinski definition) is 6. The van der Waals surface area contributed by atoms with Crippen molar-refractivity contribution in [3.8, 4) is 0 Å². The van der Waals surface area contributed by atoms with Crippen LogP contribution in [0.2, 0.25) is 0 Å². The number of ether oxygens (including phenoxy) is 3. The van der Waals surface area contributed by atoms with Crippen molar-refractivity contribution in [1.29, 1.82) is 0 Å². The summed E-state index contributed by atoms with van der Waals surface area (Å²) in [6.45, 7) is 6.36. The summed E-state index contributed by atoms with van der Waals surface area (Å²) < 4.78 is 16.8. The van der Waals surface area contributed by atoms with Crippen molar-refractivity contribution in [2.45, 2.75) is 290 Å². The lowest BCUT2D eigenvalue weighted by Gasteiger charge is -2.18. The maximum atomic E-state index is 12.9. The van der Waals surface area contributed by atoms with Gasteiger partial charge in [0.2, 0.25) is 0 Å². The van der Waals surface area contributed by atoms with Gasteiger partial charge >= 0.3 is 17.9 Å². The quantitative estimate of drug-likeness (QED) is 0.0261. The summed E-state index contributed by atoms with van der Waals surface area (Å²) in [5.41, 5.74) is 0. The number of esters is 3. The Kier molecular flexibility index (Phi) is 58.3. The molecule has 0 spiro atoms. The fourth-order valence-corrected chi connectivity index (χ4v) is 8.48. The van der Waals surface area contributed by atoms with Crippen molar-refractivity contribution in [3.05, 3.63) is 109 Å². The van der Waals surface area contributed by atoms with E-state index in [4.69, 9.17) is 14.2 Å². The molecule has 0 aromatic carbocycles. The maximum absolute atomic E-state index is 12.9. The maximum Gasteiger partial charge on any atom is 0.306 e. The van der Waals surface area contributed by atoms with Gasteiger partial charge in [0.05, 0.1) is 0 Å². The molecule has 0 saturated carbocycles. The molecule has 0 aliphatic carbocycles. The second-order valence-electron chi connectivity index (χ2n) is 20.2. The number of allylic oxidation sites excluding steroid dienone is 18. The fraction of sp³-hybridized carbons (Fsp3) is 0.691. The lowest BCUT2D eigenvalue weighted by molar-refractivity contribution is -0.166. The largest absolute Gasteiger partial charge is 0.462 e. The van der Waals surface area contributed by atoms with E-state index in [1.165, 1.54) is 141 Å². The monoisotopic (exact) mass is 1030 g/mol. The smallest absolute Gasteiger partial charge is 0.306 e. The molecule has 0 aromatic rings. The van der Waals surface area contributed by atoms with E-state index in [1.54, 1.807) is 0 Å². The van der Waals surface area contributed by atoms with E-state index in [2.05, 4.69) is 124 Å². The van der Waals surface area contributed by atoms with Gasteiger partial charge in [-0.2, -0.15) is 0 Å². The lowest BCUT2D eigenvalue weighted by atomic mass is 10.0. The van der Waals surface area contributed by atoms with Gasteiger partial charge in [-0.25, -0.2) is 0 Å². The highest BCUT2D eigenvalue weighted by Gasteiger charge is 2.19. The zero-order valence-electron chi connectivity index (χ0n) is 48.3. The summed E-state index contributed by atoms with van der Waals surface area (Å²) in [5.74, 6) is -0.981. The predicted octanol–water partition coefficient (Wildman–Crippen LogP) is 21.0. The molecule has 0 aromatic heterocycles. The minimum absolute atomic E-state index is 0.100. The van der Waals surface area contributed by atoms with Crippen LogP contribution < -0.4 is 0 Å². The minimum Gasteiger partial charge on any atom is -0.462 e. The van der Waals surface area contributed by atoms with E-state index in [9.17, 15) is 14.4 Å². The molecule has 6 nitrogen and oxygen atoms in total. The van der Waals surface area contributed by atoms with E-state index in [-0.39, 0.29) is 37.5 Å². The Morgan fingerprint density at radius 2 is 0.554 bits per heavy atom. The molecule has 0 amide bonds. The van der Waals surface area contributed by atoms with Crippen molar-refractivity contribution < 1.29 is 28.6 Å². The van der Waals surface area contributed by atoms with E-state index >= 15 is 0 Å². The number of carbonyl (C=O) groups excluding carboxylic acids is 3. The van der Waals surface area contributed by atoms with Gasteiger partial charge in [0.15, 0.2) is 6.10 Å². The van der Waals surface area contributed by atoms with Crippen molar-refractivity contribution in [2.24, 2.45) is 0 Å². The van der Waals surface area contributed by atoms with Crippen molar-refractivity contribution in [3.63, 3.8) is 0 Å². The molecular weight excluding hydrogens is 913 g/mol. The molecule has 0 heterocycles. The average Bonchev–Trinajstić information content (AvgIpc) is 3.40. The van der Waals surface area contributed by atoms with Crippen LogP contribution in [0.1, 0.15) is 284 Å². The normalized spacial score (nSPS) is 12.9. The van der Waals surface area contributed by atoms with Crippen molar-refractivity contribution >= 4 is 17.9 Å². The van der Waals surface area contributed by atoms with E-state index in [0.29, 0.717) is 19.3 Å². The lowest BCUT2D eigenvalue weighted by Crippen LogP contribution is -2.30. The molecule has 6 heteroatoms. The van der Waals surface area contributed by atoms with Crippen LogP contribution in [-0.2, 0) is 28.6 Å². The number of carbonyl (C=O) groups is 3. The highest BCUT2D eigenvalue weighted by molar-refractivity contribution is 5.71. The van der Waals surface area contributed by atoms with Crippen molar-refractivity contribution in [2.75, 3.05) is 13.2 Å². The van der Waals surface area contributed by atoms with E-state index in [1.807, 2.05) is 6.08 Å². The molecule has 422 valence electrons. The summed E-state index contributed by atoms with van der Waals surface area (Å²) in [5, 5.41) is 0. The Balaban J connectivity index is 4.33. The molecule has 0 saturated heterocycles. The average molecular weight is 1030 g/mol. The Morgan fingerprint density at radius 1 is 0.284 bits per heavy atom. The molecule has 74 heavy (non-hydrogen) atoms. The van der Waals surface area contributed by atoms with Gasteiger partial charge in [0.1, 0.15) is 13.2 Å². The molecule has 0 rings (SSSR count). The van der Waals surface area contributed by atoms with Gasteiger partial charge < -0.3 is 14.2 Å². The van der Waals surface area contributed by atoms with Gasteiger partial charge in [0.25, 0.3) is 0 Å². The van der Waals surface area contributed by atoms with Crippen LogP contribution in [-0.4, -0.2) is 37.2 Å². The third-order valence-corrected chi connectivity index (χ3v) is 13.0. The Bertz CT molecular complexity index is 1510. The van der Waals surface area contributed by atoms with Crippen LogP contribution in [0.15, 0.2) is 109 Å². The Hall–Kier alpha value is -3.93. The number of unbranched alkanes of at least 4 members (excludes halogenated alkanes) is 26. The summed E-state index contributed by atoms with van der Waals surface area (Å²) in [6.07, 6.45) is 83.9. The van der Waals surface area contributed by atoms with Crippen LogP contribution in [0.4, 0.5) is 0 Å². The zero-order chi connectivity index (χ0) is 53.6. The molecule has 0 bridgehead atoms. The topological polar surface area (TPSA) is 78.9 Å². The molecule has 1 atom stereocenters. The standard InChI is InChI=1S/C68H114O6/c1-4-7-10-13-16-19-22-25-27-29-30-31-32-33-34-35-36-37-38-39-41-43-46-49-52-55-58-61-67(70)73-64-65(63-72-66(69)60-57-54-51-48-45-42-24-21-18-15-12-9-6-3)74-68(71)62-59-56-53-50-47-44-40-28-26-23-20-17-14-11-8-5-2/h7,9-10,12,16,18-19,21,25,27,30-31,33-34,42,45,51,54,65H,4-6,8,11,13-15,17,20,22-24,26,28-29,32,35-41,43-44,46-50,52-53,55-64H2,1-3H3/b10-7-,12-9-,19-16-,21-18-,27-25-,31-30-,34-33-,45-42-,54-51-. The molecule has 0 aliphatic rings. The van der Waals surface area contributed by atoms with Gasteiger partial charge in [-0.15, -0.1) is 0 Å². The highest BCUT2D eigenvalue weighted by atomic mass is 16.6. The summed E-state index contributed by atoms with van der Waals surface area (Å²) >= 11 is 0. The van der Waals surface area contributed by atoms with Crippen LogP contribution in [0, 0.1) is 0 Å². The summed E-state index contributed by atoms with van der Waals surface area (Å²) in [7, 11) is 0. The SMILES string of the molecule is CC/C=C\C/C=C\C/C=C\C/C=C\C/C=C\CCCCCCCCCCCCCC(=O)OCC(COC(=O)CC/C=C\C/C=C\C/C=C\C/C=C\CC)OC(=O)CCCCCCCCCCCCCCCCCC. The van der Waals surface area contributed by atoms with Gasteiger partial charge in [-0.1, -0.05) is 284 Å². The Labute approximate surface area is 457 Å². The second kappa shape index (κ2) is 61.6. The van der Waals surface area contributed by atoms with Gasteiger partial charge in [0, 0.05) is 19.3 Å². The number of hydrogen-bond donors (Lipinski definition) is 0. The summed E-state index contributed by atoms with van der Waals surface area (Å²) in [4.78, 5) is 38.2. The molecule has 0 radical (unpaired) electrons.